The van der Waals surface area contributed by atoms with E-state index in [-0.39, 0.29) is 31.0 Å². The molecule has 0 aliphatic rings. The Hall–Kier alpha value is 0.180. The van der Waals surface area contributed by atoms with Crippen molar-refractivity contribution in [2.24, 2.45) is 0 Å². The van der Waals surface area contributed by atoms with Crippen LogP contribution in [-0.4, -0.2) is 6.61 Å². The fraction of sp³-hybridized carbons (Fsp3) is 0.333. The van der Waals surface area contributed by atoms with Crippen LogP contribution in [0.2, 0.25) is 0 Å². The maximum atomic E-state index is 5.22. The van der Waals surface area contributed by atoms with Gasteiger partial charge >= 0.3 is 29.6 Å². The Morgan fingerprint density at radius 1 is 1.27 bits per heavy atom. The fourth-order valence-corrected chi connectivity index (χ4v) is 0.794. The molecule has 0 bridgehead atoms. The molecule has 0 aliphatic carbocycles. The molecule has 0 amide bonds. The van der Waals surface area contributed by atoms with E-state index in [0.717, 1.165) is 13.2 Å². The topological polar surface area (TPSA) is 9.23 Å². The molecule has 0 atom stereocenters. The average molecular weight is 160 g/mol. The van der Waals surface area contributed by atoms with Gasteiger partial charge in [-0.1, -0.05) is 30.3 Å². The molecule has 0 aliphatic heterocycles. The van der Waals surface area contributed by atoms with Gasteiger partial charge in [0, 0.05) is 6.61 Å². The Labute approximate surface area is 91.5 Å². The van der Waals surface area contributed by atoms with Crippen molar-refractivity contribution < 1.29 is 35.7 Å². The molecule has 0 saturated carbocycles. The van der Waals surface area contributed by atoms with E-state index in [9.17, 15) is 0 Å². The average Bonchev–Trinajstić information content (AvgIpc) is 2.03. The van der Waals surface area contributed by atoms with Crippen molar-refractivity contribution in [2.75, 3.05) is 6.61 Å². The summed E-state index contributed by atoms with van der Waals surface area (Å²) in [5.41, 5.74) is 1.24. The maximum absolute atomic E-state index is 5.22. The second-order valence-corrected chi connectivity index (χ2v) is 2.12. The van der Waals surface area contributed by atoms with Gasteiger partial charge in [0.2, 0.25) is 0 Å². The third kappa shape index (κ3) is 4.59. The minimum atomic E-state index is 0. The summed E-state index contributed by atoms with van der Waals surface area (Å²) in [5.74, 6) is 0. The molecular formula is C9H13NaO. The van der Waals surface area contributed by atoms with Crippen molar-refractivity contribution in [3.8, 4) is 0 Å². The smallest absolute Gasteiger partial charge is 1.00 e. The van der Waals surface area contributed by atoms with E-state index in [1.165, 1.54) is 5.56 Å². The molecular weight excluding hydrogens is 147 g/mol. The largest absolute Gasteiger partial charge is 1.00 e. The monoisotopic (exact) mass is 160 g/mol. The van der Waals surface area contributed by atoms with Gasteiger partial charge in [-0.3, -0.25) is 0 Å². The summed E-state index contributed by atoms with van der Waals surface area (Å²) in [6.45, 7) is 3.52. The van der Waals surface area contributed by atoms with E-state index in [1.54, 1.807) is 0 Å². The van der Waals surface area contributed by atoms with Crippen LogP contribution in [0.3, 0.4) is 0 Å². The summed E-state index contributed by atoms with van der Waals surface area (Å²) in [6, 6.07) is 10.2. The van der Waals surface area contributed by atoms with E-state index >= 15 is 0 Å². The van der Waals surface area contributed by atoms with E-state index < -0.39 is 0 Å². The van der Waals surface area contributed by atoms with Gasteiger partial charge in [-0.15, -0.1) is 0 Å². The van der Waals surface area contributed by atoms with Gasteiger partial charge in [0.05, 0.1) is 6.61 Å². The van der Waals surface area contributed by atoms with Gasteiger partial charge in [-0.05, 0) is 12.5 Å². The molecule has 11 heavy (non-hydrogen) atoms. The number of rotatable bonds is 3. The zero-order valence-corrected chi connectivity index (χ0v) is 9.21. The first-order chi connectivity index (χ1) is 4.93. The fourth-order valence-electron chi connectivity index (χ4n) is 0.794. The molecule has 1 aromatic carbocycles. The Morgan fingerprint density at radius 3 is 2.45 bits per heavy atom. The Kier molecular flexibility index (Phi) is 6.98. The van der Waals surface area contributed by atoms with Crippen molar-refractivity contribution in [3.05, 3.63) is 35.9 Å². The van der Waals surface area contributed by atoms with Gasteiger partial charge in [-0.2, -0.15) is 0 Å². The third-order valence-corrected chi connectivity index (χ3v) is 1.32. The van der Waals surface area contributed by atoms with Crippen LogP contribution in [-0.2, 0) is 11.3 Å². The van der Waals surface area contributed by atoms with Crippen LogP contribution in [0.15, 0.2) is 30.3 Å². The van der Waals surface area contributed by atoms with Crippen molar-refractivity contribution in [3.63, 3.8) is 0 Å². The summed E-state index contributed by atoms with van der Waals surface area (Å²) < 4.78 is 5.22. The van der Waals surface area contributed by atoms with E-state index in [2.05, 4.69) is 12.1 Å². The summed E-state index contributed by atoms with van der Waals surface area (Å²) in [7, 11) is 0. The molecule has 0 fully saturated rings. The van der Waals surface area contributed by atoms with Crippen LogP contribution < -0.4 is 29.6 Å². The second kappa shape index (κ2) is 6.86. The third-order valence-electron chi connectivity index (χ3n) is 1.32. The molecule has 0 spiro atoms. The van der Waals surface area contributed by atoms with Crippen LogP contribution in [0.1, 0.15) is 13.9 Å². The van der Waals surface area contributed by atoms with Crippen molar-refractivity contribution in [1.29, 1.82) is 0 Å². The molecule has 1 rings (SSSR count). The second-order valence-electron chi connectivity index (χ2n) is 2.12. The summed E-state index contributed by atoms with van der Waals surface area (Å²) in [5, 5.41) is 0. The number of benzene rings is 1. The number of hydrogen-bond donors (Lipinski definition) is 0. The zero-order valence-electron chi connectivity index (χ0n) is 8.21. The van der Waals surface area contributed by atoms with E-state index in [0.29, 0.717) is 0 Å². The molecule has 0 radical (unpaired) electrons. The van der Waals surface area contributed by atoms with Crippen LogP contribution in [0.25, 0.3) is 0 Å². The summed E-state index contributed by atoms with van der Waals surface area (Å²) in [6.07, 6.45) is 0. The van der Waals surface area contributed by atoms with Crippen LogP contribution in [0.4, 0.5) is 0 Å². The standard InChI is InChI=1S/C9H12O.Na.H/c1-2-10-8-9-6-4-3-5-7-9;;/h3-7H,2,8H2,1H3;;/q;+1;-1. The van der Waals surface area contributed by atoms with Gasteiger partial charge < -0.3 is 6.16 Å². The number of ether oxygens (including phenoxy) is 1. The molecule has 0 aromatic heterocycles. The quantitative estimate of drug-likeness (QED) is 0.533. The minimum Gasteiger partial charge on any atom is -1.00 e. The first-order valence-electron chi connectivity index (χ1n) is 3.55. The van der Waals surface area contributed by atoms with Crippen LogP contribution in [0, 0.1) is 0 Å². The molecule has 0 N–H and O–H groups in total. The van der Waals surface area contributed by atoms with Gasteiger partial charge in [0.15, 0.2) is 0 Å². The first-order valence-corrected chi connectivity index (χ1v) is 3.55. The maximum Gasteiger partial charge on any atom is 1.00 e. The predicted octanol–water partition coefficient (Wildman–Crippen LogP) is -0.660. The Bertz CT molecular complexity index is 179. The SMILES string of the molecule is CCOCc1ccccc1.[H-].[Na+]. The summed E-state index contributed by atoms with van der Waals surface area (Å²) >= 11 is 0. The predicted molar refractivity (Wildman–Crippen MR) is 42.9 cm³/mol. The Balaban J connectivity index is 0. The first kappa shape index (κ1) is 11.2. The van der Waals surface area contributed by atoms with Crippen LogP contribution >= 0.6 is 0 Å². The van der Waals surface area contributed by atoms with Crippen LogP contribution in [0.5, 0.6) is 0 Å². The van der Waals surface area contributed by atoms with Gasteiger partial charge in [0.1, 0.15) is 0 Å². The van der Waals surface area contributed by atoms with E-state index in [4.69, 9.17) is 4.74 Å². The Morgan fingerprint density at radius 2 is 1.91 bits per heavy atom. The van der Waals surface area contributed by atoms with E-state index in [1.807, 2.05) is 25.1 Å². The minimum absolute atomic E-state index is 0. The molecule has 56 valence electrons. The van der Waals surface area contributed by atoms with Crippen molar-refractivity contribution >= 4 is 0 Å². The molecule has 0 unspecified atom stereocenters. The summed E-state index contributed by atoms with van der Waals surface area (Å²) in [4.78, 5) is 0. The van der Waals surface area contributed by atoms with Gasteiger partial charge in [-0.25, -0.2) is 0 Å². The van der Waals surface area contributed by atoms with Gasteiger partial charge in [0.25, 0.3) is 0 Å². The number of hydrogen-bond acceptors (Lipinski definition) is 1. The van der Waals surface area contributed by atoms with Crippen molar-refractivity contribution in [1.82, 2.24) is 0 Å². The normalized spacial score (nSPS) is 8.82. The molecule has 0 saturated heterocycles. The van der Waals surface area contributed by atoms with Crippen molar-refractivity contribution in [2.45, 2.75) is 13.5 Å². The molecule has 0 heterocycles. The zero-order chi connectivity index (χ0) is 7.23. The molecule has 1 nitrogen and oxygen atoms in total. The molecule has 2 heteroatoms. The molecule has 1 aromatic rings.